The zero-order chi connectivity index (χ0) is 17.0. The van der Waals surface area contributed by atoms with Gasteiger partial charge in [0.15, 0.2) is 5.78 Å². The molecule has 0 heterocycles. The van der Waals surface area contributed by atoms with Gasteiger partial charge in [-0.05, 0) is 23.3 Å². The maximum Gasteiger partial charge on any atom is 0.417 e. The molecule has 0 unspecified atom stereocenters. The lowest BCUT2D eigenvalue weighted by Gasteiger charge is -2.13. The number of rotatable bonds is 4. The molecule has 0 spiro atoms. The SMILES string of the molecule is CN(C)/C=C/C(=O)c1cccc(-c2ccccc2C(F)(F)F)c1. The Morgan fingerprint density at radius 2 is 1.74 bits per heavy atom. The van der Waals surface area contributed by atoms with Crippen LogP contribution in [-0.4, -0.2) is 24.8 Å². The minimum atomic E-state index is -4.44. The molecular formula is C18H16F3NO. The molecule has 2 nitrogen and oxygen atoms in total. The van der Waals surface area contributed by atoms with Crippen molar-refractivity contribution in [2.75, 3.05) is 14.1 Å². The van der Waals surface area contributed by atoms with Crippen molar-refractivity contribution in [2.24, 2.45) is 0 Å². The van der Waals surface area contributed by atoms with Crippen LogP contribution >= 0.6 is 0 Å². The van der Waals surface area contributed by atoms with Crippen LogP contribution < -0.4 is 0 Å². The molecule has 0 saturated carbocycles. The Morgan fingerprint density at radius 1 is 1.04 bits per heavy atom. The van der Waals surface area contributed by atoms with E-state index in [0.29, 0.717) is 11.1 Å². The zero-order valence-electron chi connectivity index (χ0n) is 12.8. The molecule has 5 heteroatoms. The van der Waals surface area contributed by atoms with E-state index in [1.54, 1.807) is 49.5 Å². The molecule has 2 aromatic rings. The van der Waals surface area contributed by atoms with Crippen LogP contribution in [0.3, 0.4) is 0 Å². The lowest BCUT2D eigenvalue weighted by Crippen LogP contribution is -2.07. The molecule has 2 rings (SSSR count). The summed E-state index contributed by atoms with van der Waals surface area (Å²) in [5, 5.41) is 0. The first kappa shape index (κ1) is 16.8. The molecule has 0 aromatic heterocycles. The van der Waals surface area contributed by atoms with Crippen molar-refractivity contribution in [3.63, 3.8) is 0 Å². The second kappa shape index (κ2) is 6.69. The smallest absolute Gasteiger partial charge is 0.383 e. The van der Waals surface area contributed by atoms with E-state index in [2.05, 4.69) is 0 Å². The number of halogens is 3. The van der Waals surface area contributed by atoms with E-state index in [9.17, 15) is 18.0 Å². The van der Waals surface area contributed by atoms with Gasteiger partial charge in [0.05, 0.1) is 5.56 Å². The summed E-state index contributed by atoms with van der Waals surface area (Å²) in [6, 6.07) is 11.6. The van der Waals surface area contributed by atoms with Crippen molar-refractivity contribution in [2.45, 2.75) is 6.18 Å². The number of alkyl halides is 3. The van der Waals surface area contributed by atoms with Gasteiger partial charge in [0.2, 0.25) is 0 Å². The van der Waals surface area contributed by atoms with E-state index >= 15 is 0 Å². The summed E-state index contributed by atoms with van der Waals surface area (Å²) in [6.45, 7) is 0. The Hall–Kier alpha value is -2.56. The lowest BCUT2D eigenvalue weighted by atomic mass is 9.97. The molecule has 0 amide bonds. The predicted molar refractivity (Wildman–Crippen MR) is 84.0 cm³/mol. The van der Waals surface area contributed by atoms with E-state index in [1.165, 1.54) is 24.3 Å². The Labute approximate surface area is 132 Å². The molecule has 0 aliphatic carbocycles. The summed E-state index contributed by atoms with van der Waals surface area (Å²) in [7, 11) is 3.56. The number of carbonyl (C=O) groups is 1. The highest BCUT2D eigenvalue weighted by molar-refractivity contribution is 6.05. The van der Waals surface area contributed by atoms with Crippen molar-refractivity contribution in [3.8, 4) is 11.1 Å². The molecule has 120 valence electrons. The molecule has 2 aromatic carbocycles. The average Bonchev–Trinajstić information content (AvgIpc) is 2.52. The van der Waals surface area contributed by atoms with Crippen LogP contribution in [-0.2, 0) is 6.18 Å². The van der Waals surface area contributed by atoms with Gasteiger partial charge in [-0.3, -0.25) is 4.79 Å². The number of allylic oxidation sites excluding steroid dienone is 1. The molecule has 0 saturated heterocycles. The molecule has 0 bridgehead atoms. The minimum Gasteiger partial charge on any atom is -0.383 e. The van der Waals surface area contributed by atoms with Gasteiger partial charge < -0.3 is 4.90 Å². The Kier molecular flexibility index (Phi) is 4.89. The molecule has 0 fully saturated rings. The second-order valence-corrected chi connectivity index (χ2v) is 5.27. The topological polar surface area (TPSA) is 20.3 Å². The van der Waals surface area contributed by atoms with Crippen LogP contribution in [0.5, 0.6) is 0 Å². The summed E-state index contributed by atoms with van der Waals surface area (Å²) in [5.74, 6) is -0.259. The average molecular weight is 319 g/mol. The summed E-state index contributed by atoms with van der Waals surface area (Å²) < 4.78 is 39.4. The number of hydrogen-bond acceptors (Lipinski definition) is 2. The van der Waals surface area contributed by atoms with Gasteiger partial charge in [0, 0.05) is 31.9 Å². The third-order valence-electron chi connectivity index (χ3n) is 3.21. The van der Waals surface area contributed by atoms with E-state index in [0.717, 1.165) is 6.07 Å². The third kappa shape index (κ3) is 4.22. The highest BCUT2D eigenvalue weighted by Gasteiger charge is 2.33. The maximum atomic E-state index is 13.1. The van der Waals surface area contributed by atoms with Crippen LogP contribution in [0.4, 0.5) is 13.2 Å². The molecular weight excluding hydrogens is 303 g/mol. The fourth-order valence-electron chi connectivity index (χ4n) is 2.14. The number of hydrogen-bond donors (Lipinski definition) is 0. The number of benzene rings is 2. The Bertz CT molecular complexity index is 733. The fraction of sp³-hybridized carbons (Fsp3) is 0.167. The summed E-state index contributed by atoms with van der Waals surface area (Å²) >= 11 is 0. The van der Waals surface area contributed by atoms with E-state index in [1.807, 2.05) is 0 Å². The number of nitrogens with zero attached hydrogens (tertiary/aromatic N) is 1. The van der Waals surface area contributed by atoms with E-state index < -0.39 is 11.7 Å². The van der Waals surface area contributed by atoms with Crippen molar-refractivity contribution < 1.29 is 18.0 Å². The molecule has 0 N–H and O–H groups in total. The van der Waals surface area contributed by atoms with Gasteiger partial charge in [-0.15, -0.1) is 0 Å². The van der Waals surface area contributed by atoms with Gasteiger partial charge in [-0.2, -0.15) is 13.2 Å². The van der Waals surface area contributed by atoms with E-state index in [4.69, 9.17) is 0 Å². The molecule has 23 heavy (non-hydrogen) atoms. The first-order chi connectivity index (χ1) is 10.8. The third-order valence-corrected chi connectivity index (χ3v) is 3.21. The number of carbonyl (C=O) groups excluding carboxylic acids is 1. The molecule has 0 aliphatic rings. The van der Waals surface area contributed by atoms with Crippen LogP contribution in [0.2, 0.25) is 0 Å². The zero-order valence-corrected chi connectivity index (χ0v) is 12.8. The van der Waals surface area contributed by atoms with Gasteiger partial charge in [0.1, 0.15) is 0 Å². The fourth-order valence-corrected chi connectivity index (χ4v) is 2.14. The van der Waals surface area contributed by atoms with Crippen LogP contribution in [0.1, 0.15) is 15.9 Å². The monoisotopic (exact) mass is 319 g/mol. The van der Waals surface area contributed by atoms with Crippen LogP contribution in [0.25, 0.3) is 11.1 Å². The van der Waals surface area contributed by atoms with Gasteiger partial charge in [0.25, 0.3) is 0 Å². The highest BCUT2D eigenvalue weighted by atomic mass is 19.4. The van der Waals surface area contributed by atoms with Gasteiger partial charge >= 0.3 is 6.18 Å². The Balaban J connectivity index is 2.44. The largest absolute Gasteiger partial charge is 0.417 e. The standard InChI is InChI=1S/C18H16F3NO/c1-22(2)11-10-17(23)14-7-5-6-13(12-14)15-8-3-4-9-16(15)18(19,20)21/h3-12H,1-2H3/b11-10+. The summed E-state index contributed by atoms with van der Waals surface area (Å²) in [4.78, 5) is 13.8. The van der Waals surface area contributed by atoms with Crippen LogP contribution in [0.15, 0.2) is 60.8 Å². The van der Waals surface area contributed by atoms with Crippen molar-refractivity contribution in [3.05, 3.63) is 71.9 Å². The maximum absolute atomic E-state index is 13.1. The van der Waals surface area contributed by atoms with Gasteiger partial charge in [-0.1, -0.05) is 36.4 Å². The van der Waals surface area contributed by atoms with Crippen LogP contribution in [0, 0.1) is 0 Å². The van der Waals surface area contributed by atoms with Crippen molar-refractivity contribution >= 4 is 5.78 Å². The lowest BCUT2D eigenvalue weighted by molar-refractivity contribution is -0.137. The normalized spacial score (nSPS) is 11.7. The number of ketones is 1. The van der Waals surface area contributed by atoms with E-state index in [-0.39, 0.29) is 11.3 Å². The molecule has 0 atom stereocenters. The quantitative estimate of drug-likeness (QED) is 0.605. The minimum absolute atomic E-state index is 0.0613. The first-order valence-corrected chi connectivity index (χ1v) is 6.94. The second-order valence-electron chi connectivity index (χ2n) is 5.27. The predicted octanol–water partition coefficient (Wildman–Crippen LogP) is 4.63. The Morgan fingerprint density at radius 3 is 2.39 bits per heavy atom. The molecule has 0 radical (unpaired) electrons. The summed E-state index contributed by atoms with van der Waals surface area (Å²) in [5.41, 5.74) is 0.0549. The summed E-state index contributed by atoms with van der Waals surface area (Å²) in [6.07, 6.45) is -1.46. The van der Waals surface area contributed by atoms with Crippen molar-refractivity contribution in [1.82, 2.24) is 4.90 Å². The molecule has 0 aliphatic heterocycles. The van der Waals surface area contributed by atoms with Gasteiger partial charge in [-0.25, -0.2) is 0 Å². The highest BCUT2D eigenvalue weighted by Crippen LogP contribution is 2.37. The van der Waals surface area contributed by atoms with Crippen molar-refractivity contribution in [1.29, 1.82) is 0 Å². The first-order valence-electron chi connectivity index (χ1n) is 6.94.